The van der Waals surface area contributed by atoms with Crippen LogP contribution in [0.2, 0.25) is 0 Å². The summed E-state index contributed by atoms with van der Waals surface area (Å²) in [6, 6.07) is 0. The summed E-state index contributed by atoms with van der Waals surface area (Å²) in [5, 5.41) is 9.19. The number of rotatable bonds is 1. The summed E-state index contributed by atoms with van der Waals surface area (Å²) in [4.78, 5) is 2.12. The molecule has 1 aliphatic rings. The summed E-state index contributed by atoms with van der Waals surface area (Å²) < 4.78 is 0. The van der Waals surface area contributed by atoms with E-state index in [1.165, 1.54) is 12.8 Å². The van der Waals surface area contributed by atoms with Crippen molar-refractivity contribution in [2.24, 2.45) is 5.92 Å². The highest BCUT2D eigenvalue weighted by atomic mass is 16.3. The summed E-state index contributed by atoms with van der Waals surface area (Å²) in [6.07, 6.45) is 2.24. The Morgan fingerprint density at radius 3 is 2.30 bits per heavy atom. The number of likely N-dealkylation sites (tertiary alicyclic amines) is 1. The molecule has 1 saturated heterocycles. The molecule has 0 spiro atoms. The molecule has 1 atom stereocenters. The third kappa shape index (κ3) is 1.96. The van der Waals surface area contributed by atoms with E-state index in [4.69, 9.17) is 0 Å². The van der Waals surface area contributed by atoms with Gasteiger partial charge in [0.15, 0.2) is 0 Å². The van der Waals surface area contributed by atoms with Crippen molar-refractivity contribution in [2.75, 3.05) is 13.1 Å². The van der Waals surface area contributed by atoms with Crippen molar-refractivity contribution < 1.29 is 5.11 Å². The maximum Gasteiger partial charge on any atom is 0.104 e. The Labute approximate surface area is 62.8 Å². The van der Waals surface area contributed by atoms with E-state index in [0.717, 1.165) is 19.0 Å². The van der Waals surface area contributed by atoms with E-state index < -0.39 is 0 Å². The fourth-order valence-corrected chi connectivity index (χ4v) is 1.40. The van der Waals surface area contributed by atoms with Crippen LogP contribution < -0.4 is 0 Å². The predicted molar refractivity (Wildman–Crippen MR) is 41.7 cm³/mol. The van der Waals surface area contributed by atoms with Crippen LogP contribution in [0.25, 0.3) is 0 Å². The lowest BCUT2D eigenvalue weighted by molar-refractivity contribution is -0.00155. The third-order valence-electron chi connectivity index (χ3n) is 2.35. The number of aliphatic hydroxyl groups is 1. The molecule has 0 saturated carbocycles. The second kappa shape index (κ2) is 3.35. The van der Waals surface area contributed by atoms with Crippen molar-refractivity contribution in [3.05, 3.63) is 0 Å². The molecule has 0 bridgehead atoms. The minimum absolute atomic E-state index is 0.243. The molecule has 1 rings (SSSR count). The average Bonchev–Trinajstić information content (AvgIpc) is 1.88. The maximum absolute atomic E-state index is 9.19. The van der Waals surface area contributed by atoms with Crippen molar-refractivity contribution in [2.45, 2.75) is 32.9 Å². The molecule has 60 valence electrons. The van der Waals surface area contributed by atoms with Crippen molar-refractivity contribution in [1.29, 1.82) is 0 Å². The molecule has 0 aromatic heterocycles. The molecule has 0 radical (unpaired) electrons. The number of hydrogen-bond donors (Lipinski definition) is 1. The first-order valence-electron chi connectivity index (χ1n) is 4.12. The molecule has 1 aliphatic heterocycles. The normalized spacial score (nSPS) is 26.7. The Hall–Kier alpha value is -0.0800. The van der Waals surface area contributed by atoms with Gasteiger partial charge in [-0.3, -0.25) is 4.90 Å². The van der Waals surface area contributed by atoms with Gasteiger partial charge in [0.1, 0.15) is 6.23 Å². The van der Waals surface area contributed by atoms with Crippen LogP contribution in [0.5, 0.6) is 0 Å². The smallest absolute Gasteiger partial charge is 0.104 e. The molecule has 0 aromatic carbocycles. The summed E-state index contributed by atoms with van der Waals surface area (Å²) in [5.41, 5.74) is 0. The number of hydrogen-bond acceptors (Lipinski definition) is 2. The van der Waals surface area contributed by atoms with Gasteiger partial charge in [-0.05, 0) is 25.7 Å². The van der Waals surface area contributed by atoms with Gasteiger partial charge in [-0.1, -0.05) is 6.92 Å². The first-order valence-corrected chi connectivity index (χ1v) is 4.12. The quantitative estimate of drug-likeness (QED) is 0.593. The molecule has 0 aliphatic carbocycles. The molecule has 2 heteroatoms. The van der Waals surface area contributed by atoms with Gasteiger partial charge in [0.2, 0.25) is 0 Å². The highest BCUT2D eigenvalue weighted by Gasteiger charge is 2.17. The predicted octanol–water partition coefficient (Wildman–Crippen LogP) is 1.06. The largest absolute Gasteiger partial charge is 0.379 e. The number of nitrogens with zero attached hydrogens (tertiary/aromatic N) is 1. The van der Waals surface area contributed by atoms with E-state index in [2.05, 4.69) is 11.8 Å². The zero-order valence-corrected chi connectivity index (χ0v) is 6.88. The van der Waals surface area contributed by atoms with Crippen LogP contribution in [0, 0.1) is 5.92 Å². The zero-order valence-electron chi connectivity index (χ0n) is 6.88. The second-order valence-corrected chi connectivity index (χ2v) is 3.35. The van der Waals surface area contributed by atoms with Crippen LogP contribution in [-0.2, 0) is 0 Å². The molecule has 1 heterocycles. The lowest BCUT2D eigenvalue weighted by Gasteiger charge is -2.32. The summed E-state index contributed by atoms with van der Waals surface area (Å²) >= 11 is 0. The lowest BCUT2D eigenvalue weighted by Crippen LogP contribution is -2.39. The second-order valence-electron chi connectivity index (χ2n) is 3.35. The topological polar surface area (TPSA) is 23.5 Å². The minimum atomic E-state index is -0.243. The van der Waals surface area contributed by atoms with Crippen LogP contribution in [0.15, 0.2) is 0 Å². The maximum atomic E-state index is 9.19. The molecule has 0 amide bonds. The summed E-state index contributed by atoms with van der Waals surface area (Å²) in [7, 11) is 0. The van der Waals surface area contributed by atoms with Crippen molar-refractivity contribution in [3.63, 3.8) is 0 Å². The molecule has 1 fully saturated rings. The lowest BCUT2D eigenvalue weighted by atomic mass is 9.99. The highest BCUT2D eigenvalue weighted by Crippen LogP contribution is 2.16. The first-order chi connectivity index (χ1) is 4.70. The molecule has 1 unspecified atom stereocenters. The van der Waals surface area contributed by atoms with Gasteiger partial charge in [0.25, 0.3) is 0 Å². The molecular formula is C8H17NO. The van der Waals surface area contributed by atoms with E-state index in [0.29, 0.717) is 0 Å². The average molecular weight is 143 g/mol. The van der Waals surface area contributed by atoms with Gasteiger partial charge in [-0.15, -0.1) is 0 Å². The van der Waals surface area contributed by atoms with Gasteiger partial charge in [-0.25, -0.2) is 0 Å². The highest BCUT2D eigenvalue weighted by molar-refractivity contribution is 4.69. The van der Waals surface area contributed by atoms with Crippen LogP contribution in [0.4, 0.5) is 0 Å². The van der Waals surface area contributed by atoms with E-state index in [1.807, 2.05) is 6.92 Å². The number of piperidine rings is 1. The van der Waals surface area contributed by atoms with E-state index >= 15 is 0 Å². The van der Waals surface area contributed by atoms with Crippen LogP contribution in [0.1, 0.15) is 26.7 Å². The zero-order chi connectivity index (χ0) is 7.56. The Morgan fingerprint density at radius 2 is 1.90 bits per heavy atom. The van der Waals surface area contributed by atoms with Gasteiger partial charge >= 0.3 is 0 Å². The van der Waals surface area contributed by atoms with E-state index in [-0.39, 0.29) is 6.23 Å². The first kappa shape index (κ1) is 8.02. The molecular weight excluding hydrogens is 126 g/mol. The van der Waals surface area contributed by atoms with Crippen molar-refractivity contribution >= 4 is 0 Å². The molecule has 10 heavy (non-hydrogen) atoms. The van der Waals surface area contributed by atoms with E-state index in [9.17, 15) is 5.11 Å². The molecule has 2 nitrogen and oxygen atoms in total. The fraction of sp³-hybridized carbons (Fsp3) is 1.00. The van der Waals surface area contributed by atoms with Gasteiger partial charge in [0.05, 0.1) is 0 Å². The minimum Gasteiger partial charge on any atom is -0.379 e. The van der Waals surface area contributed by atoms with Gasteiger partial charge < -0.3 is 5.11 Å². The number of aliphatic hydroxyl groups excluding tert-OH is 1. The van der Waals surface area contributed by atoms with Crippen molar-refractivity contribution in [3.8, 4) is 0 Å². The Morgan fingerprint density at radius 1 is 1.40 bits per heavy atom. The molecule has 1 N–H and O–H groups in total. The molecule has 0 aromatic rings. The Balaban J connectivity index is 2.26. The van der Waals surface area contributed by atoms with Gasteiger partial charge in [0, 0.05) is 13.1 Å². The fourth-order valence-electron chi connectivity index (χ4n) is 1.40. The monoisotopic (exact) mass is 143 g/mol. The Bertz CT molecular complexity index is 95.4. The standard InChI is InChI=1S/C8H17NO/c1-7-3-5-9(6-4-7)8(2)10/h7-8,10H,3-6H2,1-2H3. The third-order valence-corrected chi connectivity index (χ3v) is 2.35. The summed E-state index contributed by atoms with van der Waals surface area (Å²) in [6.45, 7) is 6.26. The van der Waals surface area contributed by atoms with Crippen LogP contribution in [0.3, 0.4) is 0 Å². The SMILES string of the molecule is CC1CCN(C(C)O)CC1. The Kier molecular flexibility index (Phi) is 2.69. The van der Waals surface area contributed by atoms with E-state index in [1.54, 1.807) is 0 Å². The van der Waals surface area contributed by atoms with Crippen LogP contribution in [-0.4, -0.2) is 29.3 Å². The summed E-state index contributed by atoms with van der Waals surface area (Å²) in [5.74, 6) is 0.856. The van der Waals surface area contributed by atoms with Crippen molar-refractivity contribution in [1.82, 2.24) is 4.90 Å². The van der Waals surface area contributed by atoms with Gasteiger partial charge in [-0.2, -0.15) is 0 Å². The van der Waals surface area contributed by atoms with Crippen LogP contribution >= 0.6 is 0 Å².